The lowest BCUT2D eigenvalue weighted by Gasteiger charge is -2.42. The van der Waals surface area contributed by atoms with Gasteiger partial charge in [0.15, 0.2) is 7.28 Å². The molecule has 1 aliphatic heterocycles. The number of nitrogens with one attached hydrogen (secondary N) is 1. The van der Waals surface area contributed by atoms with E-state index in [1.54, 1.807) is 0 Å². The van der Waals surface area contributed by atoms with Crippen LogP contribution < -0.4 is 16.2 Å². The number of rotatable bonds is 3. The summed E-state index contributed by atoms with van der Waals surface area (Å²) in [6.07, 6.45) is 2.32. The summed E-state index contributed by atoms with van der Waals surface area (Å²) >= 11 is 1.88. The summed E-state index contributed by atoms with van der Waals surface area (Å²) in [5.41, 5.74) is 17.1. The second-order valence-corrected chi connectivity index (χ2v) is 20.6. The van der Waals surface area contributed by atoms with Gasteiger partial charge in [-0.25, -0.2) is 0 Å². The Balaban J connectivity index is 1.17. The number of hydrogen-bond donors (Lipinski definition) is 1. The lowest BCUT2D eigenvalue weighted by atomic mass is 9.58. The van der Waals surface area contributed by atoms with Crippen LogP contribution in [0.15, 0.2) is 126 Å². The van der Waals surface area contributed by atoms with Gasteiger partial charge in [0.2, 0.25) is 0 Å². The highest BCUT2D eigenvalue weighted by Gasteiger charge is 2.38. The van der Waals surface area contributed by atoms with Gasteiger partial charge in [0, 0.05) is 59.1 Å². The number of aromatic nitrogens is 1. The Morgan fingerprint density at radius 2 is 1.37 bits per heavy atom. The first-order valence-electron chi connectivity index (χ1n) is 21.1. The van der Waals surface area contributed by atoms with Crippen molar-refractivity contribution in [3.05, 3.63) is 138 Å². The SMILES string of the molecule is CC(C)(C)c1ccc(Nc2cc3c(cc2-c2ccc4c5c6oc7ccccc7c6ccc5n5c4c2[B]c2cc4c(cc2-5)sc2ccccc24)C(C)(C)CCC3(C)C)cc1. The van der Waals surface area contributed by atoms with Crippen molar-refractivity contribution in [2.45, 2.75) is 77.6 Å². The third-order valence-electron chi connectivity index (χ3n) is 13.9. The van der Waals surface area contributed by atoms with E-state index in [1.165, 1.54) is 86.4 Å². The van der Waals surface area contributed by atoms with Crippen LogP contribution in [0.1, 0.15) is 78.0 Å². The van der Waals surface area contributed by atoms with Crippen LogP contribution in [0, 0.1) is 0 Å². The molecule has 3 nitrogen and oxygen atoms in total. The number of nitrogens with zero attached hydrogens (tertiary/aromatic N) is 1. The molecule has 1 aliphatic carbocycles. The fourth-order valence-corrected chi connectivity index (χ4v) is 11.5. The van der Waals surface area contributed by atoms with Crippen LogP contribution in [-0.2, 0) is 16.2 Å². The fraction of sp³-hybridized carbons (Fsp3) is 0.222. The molecule has 5 heteroatoms. The maximum Gasteiger partial charge on any atom is 0.197 e. The maximum atomic E-state index is 6.79. The number of anilines is 2. The van der Waals surface area contributed by atoms with E-state index in [9.17, 15) is 0 Å². The van der Waals surface area contributed by atoms with Crippen LogP contribution in [0.5, 0.6) is 0 Å². The number of para-hydroxylation sites is 1. The van der Waals surface area contributed by atoms with Gasteiger partial charge in [0.25, 0.3) is 0 Å². The Morgan fingerprint density at radius 1 is 0.661 bits per heavy atom. The molecule has 0 saturated carbocycles. The highest BCUT2D eigenvalue weighted by Crippen LogP contribution is 2.50. The van der Waals surface area contributed by atoms with E-state index in [-0.39, 0.29) is 16.2 Å². The van der Waals surface area contributed by atoms with Gasteiger partial charge in [0.1, 0.15) is 11.2 Å². The van der Waals surface area contributed by atoms with Crippen molar-refractivity contribution in [2.75, 3.05) is 5.32 Å². The fourth-order valence-electron chi connectivity index (χ4n) is 10.4. The number of hydrogen-bond acceptors (Lipinski definition) is 3. The molecular weight excluding hydrogens is 735 g/mol. The molecule has 0 saturated heterocycles. The summed E-state index contributed by atoms with van der Waals surface area (Å²) in [4.78, 5) is 0. The number of furan rings is 1. The normalized spacial score (nSPS) is 15.6. The molecule has 0 amide bonds. The summed E-state index contributed by atoms with van der Waals surface area (Å²) in [6, 6.07) is 45.6. The van der Waals surface area contributed by atoms with Crippen LogP contribution in [0.4, 0.5) is 11.4 Å². The third kappa shape index (κ3) is 5.07. The zero-order valence-corrected chi connectivity index (χ0v) is 35.6. The molecule has 0 fully saturated rings. The Morgan fingerprint density at radius 3 is 2.15 bits per heavy atom. The molecule has 12 rings (SSSR count). The van der Waals surface area contributed by atoms with Crippen molar-refractivity contribution < 1.29 is 4.42 Å². The molecule has 3 aromatic heterocycles. The Kier molecular flexibility index (Phi) is 7.11. The molecule has 59 heavy (non-hydrogen) atoms. The molecule has 10 aromatic rings. The summed E-state index contributed by atoms with van der Waals surface area (Å²) in [5, 5.41) is 11.3. The first-order chi connectivity index (χ1) is 28.3. The van der Waals surface area contributed by atoms with Crippen molar-refractivity contribution in [1.82, 2.24) is 4.57 Å². The second kappa shape index (κ2) is 11.9. The van der Waals surface area contributed by atoms with E-state index in [0.29, 0.717) is 0 Å². The van der Waals surface area contributed by atoms with E-state index in [4.69, 9.17) is 4.42 Å². The topological polar surface area (TPSA) is 30.1 Å². The van der Waals surface area contributed by atoms with E-state index in [2.05, 4.69) is 187 Å². The number of fused-ring (bicyclic) bond motifs is 13. The minimum absolute atomic E-state index is 0.0531. The van der Waals surface area contributed by atoms with Crippen LogP contribution in [-0.4, -0.2) is 11.8 Å². The number of benzene rings is 7. The highest BCUT2D eigenvalue weighted by molar-refractivity contribution is 7.25. The quantitative estimate of drug-likeness (QED) is 0.181. The van der Waals surface area contributed by atoms with E-state index < -0.39 is 0 Å². The molecule has 0 unspecified atom stereocenters. The molecule has 0 atom stereocenters. The smallest absolute Gasteiger partial charge is 0.197 e. The molecule has 1 radical (unpaired) electrons. The molecule has 7 aromatic carbocycles. The lowest BCUT2D eigenvalue weighted by molar-refractivity contribution is 0.332. The van der Waals surface area contributed by atoms with Crippen LogP contribution >= 0.6 is 11.3 Å². The largest absolute Gasteiger partial charge is 0.455 e. The summed E-state index contributed by atoms with van der Waals surface area (Å²) < 4.78 is 12.0. The van der Waals surface area contributed by atoms with Crippen LogP contribution in [0.3, 0.4) is 0 Å². The predicted molar refractivity (Wildman–Crippen MR) is 255 cm³/mol. The molecule has 2 aliphatic rings. The highest BCUT2D eigenvalue weighted by atomic mass is 32.1. The van der Waals surface area contributed by atoms with E-state index >= 15 is 0 Å². The van der Waals surface area contributed by atoms with Gasteiger partial charge < -0.3 is 14.3 Å². The minimum atomic E-state index is 0.0531. The Bertz CT molecular complexity index is 3420. The summed E-state index contributed by atoms with van der Waals surface area (Å²) in [7, 11) is 2.48. The van der Waals surface area contributed by atoms with Crippen molar-refractivity contribution in [2.24, 2.45) is 0 Å². The monoisotopic (exact) mass is 781 g/mol. The molecular formula is C54H46BN2OS. The average molecular weight is 782 g/mol. The van der Waals surface area contributed by atoms with Gasteiger partial charge in [-0.1, -0.05) is 121 Å². The van der Waals surface area contributed by atoms with Gasteiger partial charge in [-0.3, -0.25) is 0 Å². The van der Waals surface area contributed by atoms with Gasteiger partial charge in [0.05, 0.1) is 10.9 Å². The zero-order valence-electron chi connectivity index (χ0n) is 34.8. The second-order valence-electron chi connectivity index (χ2n) is 19.5. The molecule has 0 bridgehead atoms. The molecule has 0 spiro atoms. The van der Waals surface area contributed by atoms with Crippen LogP contribution in [0.25, 0.3) is 80.7 Å². The Labute approximate surface area is 349 Å². The molecule has 4 heterocycles. The van der Waals surface area contributed by atoms with Crippen molar-refractivity contribution in [3.63, 3.8) is 0 Å². The lowest BCUT2D eigenvalue weighted by Crippen LogP contribution is -2.37. The first-order valence-corrected chi connectivity index (χ1v) is 21.9. The summed E-state index contributed by atoms with van der Waals surface area (Å²) in [5.74, 6) is 0. The van der Waals surface area contributed by atoms with E-state index in [0.717, 1.165) is 46.2 Å². The van der Waals surface area contributed by atoms with Crippen molar-refractivity contribution in [3.8, 4) is 16.8 Å². The van der Waals surface area contributed by atoms with Crippen LogP contribution in [0.2, 0.25) is 0 Å². The number of thiophene rings is 1. The standard InChI is InChI=1S/C54H46BN2OS/c1-52(2,3)30-16-18-31(19-17-30)56-42-28-40-39(53(4,5)24-25-54(40,6)7)26-37(42)34-20-21-36-48-43(23-22-35-32-12-8-10-14-45(32)58-51(35)48)57-44-29-47-38(27-41(44)55-49(34)50(36)57)33-13-9-11-15-46(33)59-47/h8-23,26-29,56H,24-25H2,1-7H3. The van der Waals surface area contributed by atoms with Gasteiger partial charge in [-0.15, -0.1) is 11.3 Å². The maximum absolute atomic E-state index is 6.79. The van der Waals surface area contributed by atoms with Crippen molar-refractivity contribution in [1.29, 1.82) is 0 Å². The molecule has 287 valence electrons. The van der Waals surface area contributed by atoms with E-state index in [1.807, 2.05) is 11.3 Å². The van der Waals surface area contributed by atoms with Gasteiger partial charge >= 0.3 is 0 Å². The minimum Gasteiger partial charge on any atom is -0.455 e. The first kappa shape index (κ1) is 35.2. The van der Waals surface area contributed by atoms with Gasteiger partial charge in [-0.2, -0.15) is 0 Å². The Hall–Kier alpha value is -5.78. The van der Waals surface area contributed by atoms with Crippen molar-refractivity contribution >= 4 is 105 Å². The summed E-state index contributed by atoms with van der Waals surface area (Å²) in [6.45, 7) is 16.6. The average Bonchev–Trinajstić information content (AvgIpc) is 3.89. The molecule has 1 N–H and O–H groups in total. The third-order valence-corrected chi connectivity index (χ3v) is 15.0. The zero-order chi connectivity index (χ0) is 40.2. The predicted octanol–water partition coefficient (Wildman–Crippen LogP) is 14.1. The van der Waals surface area contributed by atoms with Gasteiger partial charge in [-0.05, 0) is 117 Å².